The van der Waals surface area contributed by atoms with Gasteiger partial charge in [0.05, 0.1) is 11.4 Å². The average Bonchev–Trinajstić information content (AvgIpc) is 2.56. The molecule has 0 spiro atoms. The van der Waals surface area contributed by atoms with Crippen LogP contribution in [0, 0.1) is 0 Å². The van der Waals surface area contributed by atoms with E-state index in [0.29, 0.717) is 10.9 Å². The van der Waals surface area contributed by atoms with E-state index >= 15 is 0 Å². The molecule has 3 nitrogen and oxygen atoms in total. The summed E-state index contributed by atoms with van der Waals surface area (Å²) in [6.45, 7) is 0. The fraction of sp³-hybridized carbons (Fsp3) is 0.111. The van der Waals surface area contributed by atoms with Gasteiger partial charge in [-0.2, -0.15) is 0 Å². The number of benzene rings is 1. The normalized spacial score (nSPS) is 17.4. The minimum absolute atomic E-state index is 0. The second kappa shape index (κ2) is 5.53. The molecule has 1 aliphatic rings. The van der Waals surface area contributed by atoms with Crippen LogP contribution in [-0.4, -0.2) is 16.8 Å². The third kappa shape index (κ3) is 3.52. The van der Waals surface area contributed by atoms with E-state index in [1.54, 1.807) is 0 Å². The van der Waals surface area contributed by atoms with E-state index < -0.39 is 0 Å². The zero-order chi connectivity index (χ0) is 9.97. The Bertz CT molecular complexity index is 394. The van der Waals surface area contributed by atoms with Gasteiger partial charge in [0.15, 0.2) is 5.17 Å². The van der Waals surface area contributed by atoms with Crippen LogP contribution in [0.25, 0.3) is 0 Å². The molecular formula is C9H8BrClN2OS. The lowest BCUT2D eigenvalue weighted by Gasteiger charge is -1.96. The Labute approximate surface area is 106 Å². The third-order valence-electron chi connectivity index (χ3n) is 1.64. The second-order valence-electron chi connectivity index (χ2n) is 2.73. The highest BCUT2D eigenvalue weighted by Crippen LogP contribution is 2.19. The van der Waals surface area contributed by atoms with Crippen molar-refractivity contribution in [3.8, 4) is 0 Å². The van der Waals surface area contributed by atoms with Gasteiger partial charge in [-0.1, -0.05) is 27.7 Å². The van der Waals surface area contributed by atoms with Gasteiger partial charge in [-0.05, 0) is 24.3 Å². The summed E-state index contributed by atoms with van der Waals surface area (Å²) >= 11 is 4.77. The number of thioether (sulfide) groups is 1. The van der Waals surface area contributed by atoms with Gasteiger partial charge < -0.3 is 5.32 Å². The summed E-state index contributed by atoms with van der Waals surface area (Å²) in [4.78, 5) is 15.2. The average molecular weight is 308 g/mol. The van der Waals surface area contributed by atoms with E-state index in [0.717, 1.165) is 10.2 Å². The number of nitrogens with one attached hydrogen (secondary N) is 1. The molecule has 1 fully saturated rings. The topological polar surface area (TPSA) is 41.5 Å². The Balaban J connectivity index is 0.00000112. The van der Waals surface area contributed by atoms with Crippen molar-refractivity contribution in [2.45, 2.75) is 0 Å². The molecule has 1 N–H and O–H groups in total. The van der Waals surface area contributed by atoms with Gasteiger partial charge >= 0.3 is 0 Å². The molecular weight excluding hydrogens is 300 g/mol. The van der Waals surface area contributed by atoms with Crippen LogP contribution < -0.4 is 5.32 Å². The number of hydrogen-bond donors (Lipinski definition) is 1. The van der Waals surface area contributed by atoms with Crippen molar-refractivity contribution in [2.75, 3.05) is 5.75 Å². The standard InChI is InChI=1S/C9H7BrN2OS.ClH/c10-6-1-3-7(4-2-6)11-9-12-8(13)5-14-9;/h1-4H,5H2,(H,11,12,13);1H. The third-order valence-corrected chi connectivity index (χ3v) is 3.05. The first-order chi connectivity index (χ1) is 6.74. The van der Waals surface area contributed by atoms with Crippen LogP contribution >= 0.6 is 40.1 Å². The monoisotopic (exact) mass is 306 g/mol. The number of carbonyl (C=O) groups is 1. The van der Waals surface area contributed by atoms with E-state index in [9.17, 15) is 4.79 Å². The summed E-state index contributed by atoms with van der Waals surface area (Å²) in [6.07, 6.45) is 0. The van der Waals surface area contributed by atoms with Crippen LogP contribution in [0.2, 0.25) is 0 Å². The summed E-state index contributed by atoms with van der Waals surface area (Å²) in [6, 6.07) is 7.62. The molecule has 6 heteroatoms. The van der Waals surface area contributed by atoms with Crippen LogP contribution in [0.3, 0.4) is 0 Å². The maximum Gasteiger partial charge on any atom is 0.236 e. The zero-order valence-corrected chi connectivity index (χ0v) is 10.8. The molecule has 0 aliphatic carbocycles. The van der Waals surface area contributed by atoms with Crippen molar-refractivity contribution in [1.82, 2.24) is 5.32 Å². The first kappa shape index (κ1) is 12.5. The predicted octanol–water partition coefficient (Wildman–Crippen LogP) is 2.72. The quantitative estimate of drug-likeness (QED) is 0.867. The molecule has 0 radical (unpaired) electrons. The Morgan fingerprint density at radius 3 is 2.53 bits per heavy atom. The van der Waals surface area contributed by atoms with Crippen molar-refractivity contribution in [2.24, 2.45) is 4.99 Å². The Hall–Kier alpha value is -0.520. The van der Waals surface area contributed by atoms with Crippen LogP contribution in [0.5, 0.6) is 0 Å². The van der Waals surface area contributed by atoms with Gasteiger partial charge in [-0.25, -0.2) is 4.99 Å². The lowest BCUT2D eigenvalue weighted by atomic mass is 10.3. The van der Waals surface area contributed by atoms with Gasteiger partial charge in [-0.3, -0.25) is 4.79 Å². The van der Waals surface area contributed by atoms with E-state index in [1.165, 1.54) is 11.8 Å². The number of halogens is 2. The fourth-order valence-corrected chi connectivity index (χ4v) is 1.98. The Kier molecular flexibility index (Phi) is 4.63. The first-order valence-corrected chi connectivity index (χ1v) is 5.79. The SMILES string of the molecule is Cl.O=C1CSC(=Nc2ccc(Br)cc2)N1. The van der Waals surface area contributed by atoms with Crippen LogP contribution in [-0.2, 0) is 4.79 Å². The van der Waals surface area contributed by atoms with E-state index in [4.69, 9.17) is 0 Å². The molecule has 15 heavy (non-hydrogen) atoms. The van der Waals surface area contributed by atoms with E-state index in [2.05, 4.69) is 26.2 Å². The lowest BCUT2D eigenvalue weighted by molar-refractivity contribution is -0.116. The highest BCUT2D eigenvalue weighted by Gasteiger charge is 2.15. The van der Waals surface area contributed by atoms with Gasteiger partial charge in [0, 0.05) is 4.47 Å². The molecule has 0 unspecified atom stereocenters. The number of amides is 1. The predicted molar refractivity (Wildman–Crippen MR) is 69.1 cm³/mol. The maximum atomic E-state index is 10.9. The Morgan fingerprint density at radius 2 is 2.00 bits per heavy atom. The molecule has 1 heterocycles. The van der Waals surface area contributed by atoms with Crippen LogP contribution in [0.1, 0.15) is 0 Å². The number of nitrogens with zero attached hydrogens (tertiary/aromatic N) is 1. The smallest absolute Gasteiger partial charge is 0.236 e. The van der Waals surface area contributed by atoms with Crippen LogP contribution in [0.4, 0.5) is 5.69 Å². The van der Waals surface area contributed by atoms with Crippen molar-refractivity contribution < 1.29 is 4.79 Å². The summed E-state index contributed by atoms with van der Waals surface area (Å²) in [7, 11) is 0. The van der Waals surface area contributed by atoms with Gasteiger partial charge in [0.2, 0.25) is 5.91 Å². The second-order valence-corrected chi connectivity index (χ2v) is 4.61. The molecule has 1 aromatic rings. The molecule has 1 aliphatic heterocycles. The van der Waals surface area contributed by atoms with Gasteiger partial charge in [0.25, 0.3) is 0 Å². The van der Waals surface area contributed by atoms with Crippen molar-refractivity contribution in [1.29, 1.82) is 0 Å². The number of carbonyl (C=O) groups excluding carboxylic acids is 1. The molecule has 80 valence electrons. The number of hydrogen-bond acceptors (Lipinski definition) is 3. The summed E-state index contributed by atoms with van der Waals surface area (Å²) < 4.78 is 1.02. The molecule has 0 bridgehead atoms. The molecule has 0 atom stereocenters. The summed E-state index contributed by atoms with van der Waals surface area (Å²) in [5, 5.41) is 3.36. The number of aliphatic imine (C=N–C) groups is 1. The molecule has 2 rings (SSSR count). The summed E-state index contributed by atoms with van der Waals surface area (Å²) in [5.74, 6) is 0.487. The summed E-state index contributed by atoms with van der Waals surface area (Å²) in [5.41, 5.74) is 0.845. The molecule has 1 amide bonds. The largest absolute Gasteiger partial charge is 0.304 e. The number of amidine groups is 1. The minimum atomic E-state index is 0. The van der Waals surface area contributed by atoms with Crippen LogP contribution in [0.15, 0.2) is 33.7 Å². The molecule has 1 aromatic carbocycles. The van der Waals surface area contributed by atoms with Gasteiger partial charge in [0.1, 0.15) is 0 Å². The highest BCUT2D eigenvalue weighted by molar-refractivity contribution is 9.10. The van der Waals surface area contributed by atoms with E-state index in [1.807, 2.05) is 24.3 Å². The number of rotatable bonds is 1. The minimum Gasteiger partial charge on any atom is -0.304 e. The van der Waals surface area contributed by atoms with Crippen molar-refractivity contribution >= 4 is 56.9 Å². The maximum absolute atomic E-state index is 10.9. The van der Waals surface area contributed by atoms with E-state index in [-0.39, 0.29) is 18.3 Å². The zero-order valence-electron chi connectivity index (χ0n) is 7.57. The lowest BCUT2D eigenvalue weighted by Crippen LogP contribution is -2.19. The fourth-order valence-electron chi connectivity index (χ4n) is 1.02. The molecule has 1 saturated heterocycles. The molecule has 0 saturated carbocycles. The van der Waals surface area contributed by atoms with Gasteiger partial charge in [-0.15, -0.1) is 12.4 Å². The molecule has 0 aromatic heterocycles. The van der Waals surface area contributed by atoms with Crippen molar-refractivity contribution in [3.63, 3.8) is 0 Å². The van der Waals surface area contributed by atoms with Crippen molar-refractivity contribution in [3.05, 3.63) is 28.7 Å². The Morgan fingerprint density at radius 1 is 1.33 bits per heavy atom. The first-order valence-electron chi connectivity index (χ1n) is 4.01. The highest BCUT2D eigenvalue weighted by atomic mass is 79.9.